The number of nitrogens with one attached hydrogen (secondary N) is 2. The molecule has 0 unspecified atom stereocenters. The lowest BCUT2D eigenvalue weighted by Crippen LogP contribution is -2.28. The van der Waals surface area contributed by atoms with Crippen molar-refractivity contribution in [2.45, 2.75) is 6.54 Å². The molecule has 0 saturated carbocycles. The van der Waals surface area contributed by atoms with Gasteiger partial charge in [-0.15, -0.1) is 0 Å². The SMILES string of the molecule is OCCNCCNCc1c(Cl)cccc1Cl. The molecule has 0 aliphatic heterocycles. The Morgan fingerprint density at radius 2 is 1.62 bits per heavy atom. The van der Waals surface area contributed by atoms with Gasteiger partial charge in [0.05, 0.1) is 6.61 Å². The van der Waals surface area contributed by atoms with Crippen LogP contribution in [0.15, 0.2) is 18.2 Å². The maximum atomic E-state index is 8.56. The van der Waals surface area contributed by atoms with Gasteiger partial charge in [0, 0.05) is 41.8 Å². The Morgan fingerprint density at radius 1 is 1.00 bits per heavy atom. The normalized spacial score (nSPS) is 10.7. The van der Waals surface area contributed by atoms with Crippen molar-refractivity contribution in [3.63, 3.8) is 0 Å². The Balaban J connectivity index is 2.26. The van der Waals surface area contributed by atoms with Crippen LogP contribution in [0.3, 0.4) is 0 Å². The largest absolute Gasteiger partial charge is 0.395 e. The number of halogens is 2. The van der Waals surface area contributed by atoms with E-state index in [-0.39, 0.29) is 6.61 Å². The van der Waals surface area contributed by atoms with Gasteiger partial charge in [0.25, 0.3) is 0 Å². The van der Waals surface area contributed by atoms with Crippen LogP contribution in [0, 0.1) is 0 Å². The topological polar surface area (TPSA) is 44.3 Å². The molecule has 0 spiro atoms. The summed E-state index contributed by atoms with van der Waals surface area (Å²) in [7, 11) is 0. The lowest BCUT2D eigenvalue weighted by atomic mass is 10.2. The molecule has 1 aromatic carbocycles. The first-order chi connectivity index (χ1) is 7.75. The van der Waals surface area contributed by atoms with E-state index in [9.17, 15) is 0 Å². The monoisotopic (exact) mass is 262 g/mol. The molecule has 90 valence electrons. The quantitative estimate of drug-likeness (QED) is 0.656. The third kappa shape index (κ3) is 4.68. The van der Waals surface area contributed by atoms with E-state index in [0.717, 1.165) is 18.7 Å². The van der Waals surface area contributed by atoms with Gasteiger partial charge in [0.2, 0.25) is 0 Å². The van der Waals surface area contributed by atoms with Crippen molar-refractivity contribution in [3.8, 4) is 0 Å². The molecule has 0 amide bonds. The summed E-state index contributed by atoms with van der Waals surface area (Å²) in [6.45, 7) is 3.05. The van der Waals surface area contributed by atoms with E-state index in [4.69, 9.17) is 28.3 Å². The standard InChI is InChI=1S/C11H16Cl2N2O/c12-10-2-1-3-11(13)9(10)8-15-5-4-14-6-7-16/h1-3,14-16H,4-8H2. The summed E-state index contributed by atoms with van der Waals surface area (Å²) in [4.78, 5) is 0. The van der Waals surface area contributed by atoms with Crippen LogP contribution in [0.1, 0.15) is 5.56 Å². The first-order valence-electron chi connectivity index (χ1n) is 5.21. The van der Waals surface area contributed by atoms with Crippen LogP contribution in [-0.4, -0.2) is 31.3 Å². The molecule has 1 rings (SSSR count). The number of benzene rings is 1. The summed E-state index contributed by atoms with van der Waals surface area (Å²) in [5.74, 6) is 0. The fourth-order valence-corrected chi connectivity index (χ4v) is 1.83. The van der Waals surface area contributed by atoms with Crippen molar-refractivity contribution >= 4 is 23.2 Å². The van der Waals surface area contributed by atoms with Crippen molar-refractivity contribution < 1.29 is 5.11 Å². The second kappa shape index (κ2) is 7.87. The van der Waals surface area contributed by atoms with E-state index in [1.54, 1.807) is 0 Å². The second-order valence-corrected chi connectivity index (χ2v) is 4.16. The predicted molar refractivity (Wildman–Crippen MR) is 68.1 cm³/mol. The fraction of sp³-hybridized carbons (Fsp3) is 0.455. The molecule has 5 heteroatoms. The van der Waals surface area contributed by atoms with Crippen LogP contribution >= 0.6 is 23.2 Å². The van der Waals surface area contributed by atoms with Gasteiger partial charge in [0.1, 0.15) is 0 Å². The molecule has 0 aliphatic rings. The van der Waals surface area contributed by atoms with Crippen molar-refractivity contribution in [1.29, 1.82) is 0 Å². The number of hydrogen-bond acceptors (Lipinski definition) is 3. The van der Waals surface area contributed by atoms with Gasteiger partial charge in [-0.3, -0.25) is 0 Å². The van der Waals surface area contributed by atoms with Gasteiger partial charge in [-0.25, -0.2) is 0 Å². The minimum absolute atomic E-state index is 0.163. The van der Waals surface area contributed by atoms with Crippen LogP contribution in [0.5, 0.6) is 0 Å². The van der Waals surface area contributed by atoms with E-state index < -0.39 is 0 Å². The molecule has 0 radical (unpaired) electrons. The summed E-state index contributed by atoms with van der Waals surface area (Å²) >= 11 is 12.0. The Bertz CT molecular complexity index is 301. The number of hydrogen-bond donors (Lipinski definition) is 3. The number of rotatable bonds is 7. The maximum Gasteiger partial charge on any atom is 0.0555 e. The zero-order chi connectivity index (χ0) is 11.8. The molecular formula is C11H16Cl2N2O. The third-order valence-corrected chi connectivity index (χ3v) is 2.84. The van der Waals surface area contributed by atoms with Crippen LogP contribution in [0.4, 0.5) is 0 Å². The first-order valence-corrected chi connectivity index (χ1v) is 5.96. The van der Waals surface area contributed by atoms with E-state index in [2.05, 4.69) is 10.6 Å². The molecule has 0 aliphatic carbocycles. The van der Waals surface area contributed by atoms with Crippen LogP contribution < -0.4 is 10.6 Å². The van der Waals surface area contributed by atoms with Gasteiger partial charge in [0.15, 0.2) is 0 Å². The summed E-state index contributed by atoms with van der Waals surface area (Å²) in [5.41, 5.74) is 0.924. The maximum absolute atomic E-state index is 8.56. The molecular weight excluding hydrogens is 247 g/mol. The van der Waals surface area contributed by atoms with Gasteiger partial charge in [-0.2, -0.15) is 0 Å². The van der Waals surface area contributed by atoms with E-state index in [1.165, 1.54) is 0 Å². The lowest BCUT2D eigenvalue weighted by molar-refractivity contribution is 0.292. The molecule has 0 aromatic heterocycles. The predicted octanol–water partition coefficient (Wildman–Crippen LogP) is 1.66. The number of aliphatic hydroxyl groups excluding tert-OH is 1. The minimum Gasteiger partial charge on any atom is -0.395 e. The highest BCUT2D eigenvalue weighted by atomic mass is 35.5. The molecule has 0 bridgehead atoms. The van der Waals surface area contributed by atoms with Crippen LogP contribution in [0.2, 0.25) is 10.0 Å². The highest BCUT2D eigenvalue weighted by Gasteiger charge is 2.03. The minimum atomic E-state index is 0.163. The van der Waals surface area contributed by atoms with E-state index in [0.29, 0.717) is 23.1 Å². The average Bonchev–Trinajstić information content (AvgIpc) is 2.26. The zero-order valence-electron chi connectivity index (χ0n) is 8.97. The number of aliphatic hydroxyl groups is 1. The van der Waals surface area contributed by atoms with Gasteiger partial charge >= 0.3 is 0 Å². The Morgan fingerprint density at radius 3 is 2.25 bits per heavy atom. The molecule has 1 aromatic rings. The summed E-state index contributed by atoms with van der Waals surface area (Å²) in [6, 6.07) is 5.49. The van der Waals surface area contributed by atoms with Crippen LogP contribution in [0.25, 0.3) is 0 Å². The molecule has 0 heterocycles. The Labute approximate surface area is 106 Å². The Kier molecular flexibility index (Phi) is 6.76. The third-order valence-electron chi connectivity index (χ3n) is 2.13. The van der Waals surface area contributed by atoms with Crippen LogP contribution in [-0.2, 0) is 6.54 Å². The molecule has 16 heavy (non-hydrogen) atoms. The lowest BCUT2D eigenvalue weighted by Gasteiger charge is -2.08. The average molecular weight is 263 g/mol. The highest BCUT2D eigenvalue weighted by Crippen LogP contribution is 2.23. The van der Waals surface area contributed by atoms with Crippen molar-refractivity contribution in [2.75, 3.05) is 26.2 Å². The second-order valence-electron chi connectivity index (χ2n) is 3.35. The van der Waals surface area contributed by atoms with E-state index >= 15 is 0 Å². The van der Waals surface area contributed by atoms with Crippen molar-refractivity contribution in [2.24, 2.45) is 0 Å². The summed E-state index contributed by atoms with van der Waals surface area (Å²) < 4.78 is 0. The van der Waals surface area contributed by atoms with Gasteiger partial charge in [-0.1, -0.05) is 29.3 Å². The fourth-order valence-electron chi connectivity index (χ4n) is 1.30. The summed E-state index contributed by atoms with van der Waals surface area (Å²) in [5, 5.41) is 16.2. The molecule has 0 fully saturated rings. The van der Waals surface area contributed by atoms with Gasteiger partial charge in [-0.05, 0) is 12.1 Å². The summed E-state index contributed by atoms with van der Waals surface area (Å²) in [6.07, 6.45) is 0. The molecule has 3 N–H and O–H groups in total. The van der Waals surface area contributed by atoms with Crippen molar-refractivity contribution in [1.82, 2.24) is 10.6 Å². The molecule has 3 nitrogen and oxygen atoms in total. The van der Waals surface area contributed by atoms with Crippen molar-refractivity contribution in [3.05, 3.63) is 33.8 Å². The smallest absolute Gasteiger partial charge is 0.0555 e. The van der Waals surface area contributed by atoms with Gasteiger partial charge < -0.3 is 15.7 Å². The molecule has 0 saturated heterocycles. The Hall–Kier alpha value is -0.320. The zero-order valence-corrected chi connectivity index (χ0v) is 10.5. The first kappa shape index (κ1) is 13.7. The molecule has 0 atom stereocenters. The highest BCUT2D eigenvalue weighted by molar-refractivity contribution is 6.35. The van der Waals surface area contributed by atoms with E-state index in [1.807, 2.05) is 18.2 Å².